The standard InChI is InChI=1S/C29H27N3O2/c1-3-17-32(20-21-13-15-22(16-14-21)25-11-7-5-10-24(25)19-30)28-26(29(33)34-4-2)18-23-9-6-8-12-27(23)31-28/h5-16,18H,3-4,17,20H2,1-2H3. The number of fused-ring (bicyclic) bond motifs is 1. The van der Waals surface area contributed by atoms with E-state index in [1.165, 1.54) is 0 Å². The minimum absolute atomic E-state index is 0.310. The first-order valence-electron chi connectivity index (χ1n) is 11.5. The molecule has 1 heterocycles. The first kappa shape index (κ1) is 23.0. The highest BCUT2D eigenvalue weighted by Crippen LogP contribution is 2.28. The van der Waals surface area contributed by atoms with Crippen molar-refractivity contribution >= 4 is 22.7 Å². The number of anilines is 1. The SMILES string of the molecule is CCCN(Cc1ccc(-c2ccccc2C#N)cc1)c1nc2ccccc2cc1C(=O)OCC. The van der Waals surface area contributed by atoms with E-state index in [2.05, 4.69) is 30.0 Å². The highest BCUT2D eigenvalue weighted by molar-refractivity contribution is 5.99. The maximum absolute atomic E-state index is 12.8. The van der Waals surface area contributed by atoms with Crippen LogP contribution in [-0.2, 0) is 11.3 Å². The van der Waals surface area contributed by atoms with Crippen molar-refractivity contribution in [2.45, 2.75) is 26.8 Å². The Bertz CT molecular complexity index is 1340. The van der Waals surface area contributed by atoms with Crippen molar-refractivity contribution < 1.29 is 9.53 Å². The number of aromatic nitrogens is 1. The van der Waals surface area contributed by atoms with Crippen molar-refractivity contribution in [1.82, 2.24) is 4.98 Å². The summed E-state index contributed by atoms with van der Waals surface area (Å²) in [5.41, 5.74) is 4.99. The van der Waals surface area contributed by atoms with E-state index in [1.807, 2.05) is 73.7 Å². The zero-order valence-electron chi connectivity index (χ0n) is 19.5. The number of hydrogen-bond donors (Lipinski definition) is 0. The molecule has 0 spiro atoms. The van der Waals surface area contributed by atoms with Gasteiger partial charge in [-0.3, -0.25) is 0 Å². The topological polar surface area (TPSA) is 66.2 Å². The third-order valence-corrected chi connectivity index (χ3v) is 5.68. The van der Waals surface area contributed by atoms with Crippen LogP contribution in [0.4, 0.5) is 5.82 Å². The van der Waals surface area contributed by atoms with Crippen LogP contribution in [0.2, 0.25) is 0 Å². The molecule has 0 aliphatic heterocycles. The Balaban J connectivity index is 1.69. The number of carbonyl (C=O) groups is 1. The summed E-state index contributed by atoms with van der Waals surface area (Å²) in [5.74, 6) is 0.276. The second-order valence-electron chi connectivity index (χ2n) is 8.05. The molecule has 0 amide bonds. The fourth-order valence-electron chi connectivity index (χ4n) is 4.08. The largest absolute Gasteiger partial charge is 0.462 e. The quantitative estimate of drug-likeness (QED) is 0.293. The van der Waals surface area contributed by atoms with Gasteiger partial charge in [0.25, 0.3) is 0 Å². The summed E-state index contributed by atoms with van der Waals surface area (Å²) in [6, 6.07) is 27.7. The van der Waals surface area contributed by atoms with Gasteiger partial charge in [-0.15, -0.1) is 0 Å². The van der Waals surface area contributed by atoms with Crippen molar-refractivity contribution in [3.05, 3.63) is 95.6 Å². The van der Waals surface area contributed by atoms with Gasteiger partial charge in [-0.2, -0.15) is 5.26 Å². The van der Waals surface area contributed by atoms with E-state index in [-0.39, 0.29) is 5.97 Å². The van der Waals surface area contributed by atoms with Gasteiger partial charge in [0.1, 0.15) is 11.4 Å². The molecule has 5 nitrogen and oxygen atoms in total. The summed E-state index contributed by atoms with van der Waals surface area (Å²) in [6.07, 6.45) is 0.907. The lowest BCUT2D eigenvalue weighted by Gasteiger charge is -2.26. The van der Waals surface area contributed by atoms with E-state index < -0.39 is 0 Å². The van der Waals surface area contributed by atoms with E-state index in [9.17, 15) is 10.1 Å². The smallest absolute Gasteiger partial charge is 0.341 e. The Labute approximate surface area is 200 Å². The Morgan fingerprint density at radius 2 is 1.74 bits per heavy atom. The predicted molar refractivity (Wildman–Crippen MR) is 136 cm³/mol. The maximum Gasteiger partial charge on any atom is 0.341 e. The number of nitrogens with zero attached hydrogens (tertiary/aromatic N) is 3. The molecule has 0 radical (unpaired) electrons. The van der Waals surface area contributed by atoms with E-state index in [0.717, 1.165) is 40.6 Å². The molecule has 170 valence electrons. The number of carbonyl (C=O) groups excluding carboxylic acids is 1. The molecule has 0 bridgehead atoms. The molecule has 4 rings (SSSR count). The number of ether oxygens (including phenoxy) is 1. The van der Waals surface area contributed by atoms with Crippen LogP contribution in [0.3, 0.4) is 0 Å². The summed E-state index contributed by atoms with van der Waals surface area (Å²) >= 11 is 0. The van der Waals surface area contributed by atoms with Crippen LogP contribution in [-0.4, -0.2) is 24.1 Å². The van der Waals surface area contributed by atoms with Crippen LogP contribution in [0.15, 0.2) is 78.9 Å². The summed E-state index contributed by atoms with van der Waals surface area (Å²) in [5, 5.41) is 10.3. The third-order valence-electron chi connectivity index (χ3n) is 5.68. The lowest BCUT2D eigenvalue weighted by molar-refractivity contribution is 0.0527. The van der Waals surface area contributed by atoms with Gasteiger partial charge < -0.3 is 9.64 Å². The van der Waals surface area contributed by atoms with Crippen LogP contribution < -0.4 is 4.90 Å². The van der Waals surface area contributed by atoms with E-state index in [4.69, 9.17) is 9.72 Å². The lowest BCUT2D eigenvalue weighted by atomic mass is 9.99. The molecule has 34 heavy (non-hydrogen) atoms. The van der Waals surface area contributed by atoms with Gasteiger partial charge in [0.2, 0.25) is 0 Å². The van der Waals surface area contributed by atoms with E-state index >= 15 is 0 Å². The molecule has 3 aromatic carbocycles. The van der Waals surface area contributed by atoms with Crippen LogP contribution >= 0.6 is 0 Å². The molecule has 0 N–H and O–H groups in total. The molecule has 0 fully saturated rings. The van der Waals surface area contributed by atoms with Crippen LogP contribution in [0.1, 0.15) is 41.8 Å². The Morgan fingerprint density at radius 3 is 2.47 bits per heavy atom. The van der Waals surface area contributed by atoms with E-state index in [1.54, 1.807) is 0 Å². The minimum Gasteiger partial charge on any atom is -0.462 e. The molecule has 0 saturated heterocycles. The zero-order valence-corrected chi connectivity index (χ0v) is 19.5. The average molecular weight is 450 g/mol. The summed E-state index contributed by atoms with van der Waals surface area (Å²) < 4.78 is 5.35. The first-order valence-corrected chi connectivity index (χ1v) is 11.5. The first-order chi connectivity index (χ1) is 16.6. The molecule has 0 saturated carbocycles. The highest BCUT2D eigenvalue weighted by atomic mass is 16.5. The van der Waals surface area contributed by atoms with E-state index in [0.29, 0.717) is 30.1 Å². The van der Waals surface area contributed by atoms with Gasteiger partial charge in [-0.1, -0.05) is 67.6 Å². The number of hydrogen-bond acceptors (Lipinski definition) is 5. The van der Waals surface area contributed by atoms with Crippen molar-refractivity contribution in [2.75, 3.05) is 18.1 Å². The summed E-state index contributed by atoms with van der Waals surface area (Å²) in [7, 11) is 0. The molecule has 0 atom stereocenters. The molecule has 0 unspecified atom stereocenters. The van der Waals surface area contributed by atoms with Crippen molar-refractivity contribution in [3.8, 4) is 17.2 Å². The molecule has 0 aliphatic rings. The lowest BCUT2D eigenvalue weighted by Crippen LogP contribution is -2.27. The number of esters is 1. The van der Waals surface area contributed by atoms with Gasteiger partial charge in [-0.25, -0.2) is 9.78 Å². The number of para-hydroxylation sites is 1. The van der Waals surface area contributed by atoms with Crippen LogP contribution in [0.5, 0.6) is 0 Å². The summed E-state index contributed by atoms with van der Waals surface area (Å²) in [4.78, 5) is 19.8. The van der Waals surface area contributed by atoms with Gasteiger partial charge in [-0.05, 0) is 48.2 Å². The second kappa shape index (κ2) is 10.6. The van der Waals surface area contributed by atoms with Crippen LogP contribution in [0.25, 0.3) is 22.0 Å². The molecule has 1 aromatic heterocycles. The molecular formula is C29H27N3O2. The maximum atomic E-state index is 12.8. The van der Waals surface area contributed by atoms with Crippen LogP contribution in [0, 0.1) is 11.3 Å². The predicted octanol–water partition coefficient (Wildman–Crippen LogP) is 6.37. The number of nitriles is 1. The molecule has 4 aromatic rings. The summed E-state index contributed by atoms with van der Waals surface area (Å²) in [6.45, 7) is 5.58. The molecule has 0 aliphatic carbocycles. The molecule has 5 heteroatoms. The van der Waals surface area contributed by atoms with Gasteiger partial charge in [0.05, 0.1) is 23.8 Å². The monoisotopic (exact) mass is 449 g/mol. The highest BCUT2D eigenvalue weighted by Gasteiger charge is 2.21. The van der Waals surface area contributed by atoms with Gasteiger partial charge in [0, 0.05) is 18.5 Å². The van der Waals surface area contributed by atoms with Gasteiger partial charge in [0.15, 0.2) is 0 Å². The molecular weight excluding hydrogens is 422 g/mol. The Morgan fingerprint density at radius 1 is 1.00 bits per heavy atom. The van der Waals surface area contributed by atoms with Crippen molar-refractivity contribution in [2.24, 2.45) is 0 Å². The fraction of sp³-hybridized carbons (Fsp3) is 0.207. The fourth-order valence-corrected chi connectivity index (χ4v) is 4.08. The number of rotatable bonds is 8. The minimum atomic E-state index is -0.361. The third kappa shape index (κ3) is 4.92. The van der Waals surface area contributed by atoms with Gasteiger partial charge >= 0.3 is 5.97 Å². The van der Waals surface area contributed by atoms with Crippen molar-refractivity contribution in [3.63, 3.8) is 0 Å². The average Bonchev–Trinajstić information content (AvgIpc) is 2.88. The Kier molecular flexibility index (Phi) is 7.19. The Hall–Kier alpha value is -4.17. The second-order valence-corrected chi connectivity index (χ2v) is 8.05. The zero-order chi connectivity index (χ0) is 23.9. The number of pyridine rings is 1. The number of benzene rings is 3. The normalized spacial score (nSPS) is 10.6. The van der Waals surface area contributed by atoms with Crippen molar-refractivity contribution in [1.29, 1.82) is 5.26 Å².